The van der Waals surface area contributed by atoms with Crippen molar-refractivity contribution in [1.29, 1.82) is 0 Å². The maximum absolute atomic E-state index is 11.3. The summed E-state index contributed by atoms with van der Waals surface area (Å²) < 4.78 is 4.77. The molecule has 0 saturated heterocycles. The van der Waals surface area contributed by atoms with E-state index < -0.39 is 0 Å². The highest BCUT2D eigenvalue weighted by atomic mass is 16.3. The molecule has 0 aromatic carbocycles. The molecule has 4 heteroatoms. The number of hydrogen-bond acceptors (Lipinski definition) is 3. The molecule has 0 aliphatic heterocycles. The molecule has 1 heterocycles. The van der Waals surface area contributed by atoms with Crippen LogP contribution in [0.3, 0.4) is 0 Å². The minimum absolute atomic E-state index is 0.110. The van der Waals surface area contributed by atoms with Crippen molar-refractivity contribution < 1.29 is 9.21 Å². The number of furan rings is 1. The van der Waals surface area contributed by atoms with Gasteiger partial charge in [-0.3, -0.25) is 4.79 Å². The van der Waals surface area contributed by atoms with Crippen LogP contribution in [0.4, 0.5) is 0 Å². The SMILES string of the molecule is NC1CC1NC(=O)c1ccoc1. The summed E-state index contributed by atoms with van der Waals surface area (Å²) in [5.41, 5.74) is 6.08. The molecule has 1 saturated carbocycles. The molecule has 0 spiro atoms. The fourth-order valence-corrected chi connectivity index (χ4v) is 1.03. The van der Waals surface area contributed by atoms with Crippen molar-refractivity contribution in [3.63, 3.8) is 0 Å². The maximum Gasteiger partial charge on any atom is 0.254 e. The lowest BCUT2D eigenvalue weighted by atomic mass is 10.3. The normalized spacial score (nSPS) is 26.8. The van der Waals surface area contributed by atoms with Gasteiger partial charge in [0.15, 0.2) is 0 Å². The zero-order valence-electron chi connectivity index (χ0n) is 6.49. The number of amides is 1. The summed E-state index contributed by atoms with van der Waals surface area (Å²) >= 11 is 0. The lowest BCUT2D eigenvalue weighted by Gasteiger charge is -1.99. The Hall–Kier alpha value is -1.29. The van der Waals surface area contributed by atoms with E-state index in [0.717, 1.165) is 6.42 Å². The summed E-state index contributed by atoms with van der Waals surface area (Å²) in [5.74, 6) is -0.110. The van der Waals surface area contributed by atoms with Crippen molar-refractivity contribution in [1.82, 2.24) is 5.32 Å². The Kier molecular flexibility index (Phi) is 1.62. The van der Waals surface area contributed by atoms with E-state index in [4.69, 9.17) is 10.2 Å². The molecule has 2 unspecified atom stereocenters. The predicted octanol–water partition coefficient (Wildman–Crippen LogP) is 0.109. The standard InChI is InChI=1S/C8H10N2O2/c9-6-3-7(6)10-8(11)5-1-2-12-4-5/h1-2,4,6-7H,3,9H2,(H,10,11). The van der Waals surface area contributed by atoms with Crippen molar-refractivity contribution in [3.05, 3.63) is 24.2 Å². The molecule has 1 aromatic rings. The van der Waals surface area contributed by atoms with Crippen LogP contribution in [0, 0.1) is 0 Å². The number of hydrogen-bond donors (Lipinski definition) is 2. The Labute approximate surface area is 69.7 Å². The smallest absolute Gasteiger partial charge is 0.254 e. The van der Waals surface area contributed by atoms with Gasteiger partial charge < -0.3 is 15.5 Å². The van der Waals surface area contributed by atoms with E-state index in [-0.39, 0.29) is 18.0 Å². The zero-order chi connectivity index (χ0) is 8.55. The summed E-state index contributed by atoms with van der Waals surface area (Å²) in [7, 11) is 0. The molecule has 4 nitrogen and oxygen atoms in total. The molecule has 12 heavy (non-hydrogen) atoms. The van der Waals surface area contributed by atoms with E-state index in [1.165, 1.54) is 12.5 Å². The Morgan fingerprint density at radius 1 is 1.75 bits per heavy atom. The van der Waals surface area contributed by atoms with Gasteiger partial charge in [0, 0.05) is 12.1 Å². The molecule has 1 aliphatic rings. The minimum Gasteiger partial charge on any atom is -0.472 e. The molecule has 2 rings (SSSR count). The topological polar surface area (TPSA) is 68.3 Å². The summed E-state index contributed by atoms with van der Waals surface area (Å²) in [4.78, 5) is 11.3. The first kappa shape index (κ1) is 7.36. The summed E-state index contributed by atoms with van der Waals surface area (Å²) in [6.45, 7) is 0. The van der Waals surface area contributed by atoms with Gasteiger partial charge in [-0.2, -0.15) is 0 Å². The van der Waals surface area contributed by atoms with Gasteiger partial charge in [0.1, 0.15) is 6.26 Å². The Balaban J connectivity index is 1.93. The molecule has 1 fully saturated rings. The van der Waals surface area contributed by atoms with Crippen LogP contribution in [0.15, 0.2) is 23.0 Å². The zero-order valence-corrected chi connectivity index (χ0v) is 6.49. The molecule has 2 atom stereocenters. The molecule has 0 bridgehead atoms. The van der Waals surface area contributed by atoms with Crippen molar-refractivity contribution in [3.8, 4) is 0 Å². The molecule has 64 valence electrons. The third-order valence-electron chi connectivity index (χ3n) is 1.94. The largest absolute Gasteiger partial charge is 0.472 e. The number of carbonyl (C=O) groups is 1. The van der Waals surface area contributed by atoms with Crippen LogP contribution in [0.2, 0.25) is 0 Å². The molecule has 1 aliphatic carbocycles. The maximum atomic E-state index is 11.3. The van der Waals surface area contributed by atoms with E-state index in [1.54, 1.807) is 6.07 Å². The number of carbonyl (C=O) groups excluding carboxylic acids is 1. The first-order valence-corrected chi connectivity index (χ1v) is 3.86. The van der Waals surface area contributed by atoms with Gasteiger partial charge in [-0.15, -0.1) is 0 Å². The van der Waals surface area contributed by atoms with Gasteiger partial charge >= 0.3 is 0 Å². The van der Waals surface area contributed by atoms with Crippen LogP contribution >= 0.6 is 0 Å². The van der Waals surface area contributed by atoms with Crippen molar-refractivity contribution in [2.45, 2.75) is 18.5 Å². The van der Waals surface area contributed by atoms with E-state index in [0.29, 0.717) is 5.56 Å². The van der Waals surface area contributed by atoms with Crippen LogP contribution in [-0.4, -0.2) is 18.0 Å². The van der Waals surface area contributed by atoms with Gasteiger partial charge in [0.05, 0.1) is 11.8 Å². The molecular formula is C8H10N2O2. The van der Waals surface area contributed by atoms with Gasteiger partial charge in [0.2, 0.25) is 0 Å². The first-order valence-electron chi connectivity index (χ1n) is 3.86. The molecule has 0 radical (unpaired) electrons. The average molecular weight is 166 g/mol. The third kappa shape index (κ3) is 1.33. The lowest BCUT2D eigenvalue weighted by molar-refractivity contribution is 0.0949. The highest BCUT2D eigenvalue weighted by Crippen LogP contribution is 2.18. The van der Waals surface area contributed by atoms with Gasteiger partial charge in [-0.1, -0.05) is 0 Å². The fraction of sp³-hybridized carbons (Fsp3) is 0.375. The molecular weight excluding hydrogens is 156 g/mol. The van der Waals surface area contributed by atoms with E-state index >= 15 is 0 Å². The van der Waals surface area contributed by atoms with E-state index in [2.05, 4.69) is 5.32 Å². The monoisotopic (exact) mass is 166 g/mol. The van der Waals surface area contributed by atoms with Crippen LogP contribution in [0.1, 0.15) is 16.8 Å². The summed E-state index contributed by atoms with van der Waals surface area (Å²) in [5, 5.41) is 2.78. The second-order valence-corrected chi connectivity index (χ2v) is 2.99. The van der Waals surface area contributed by atoms with E-state index in [1.807, 2.05) is 0 Å². The van der Waals surface area contributed by atoms with Crippen LogP contribution in [0.25, 0.3) is 0 Å². The van der Waals surface area contributed by atoms with Crippen LogP contribution < -0.4 is 11.1 Å². The quantitative estimate of drug-likeness (QED) is 0.655. The number of nitrogens with one attached hydrogen (secondary N) is 1. The molecule has 1 aromatic heterocycles. The summed E-state index contributed by atoms with van der Waals surface area (Å²) in [6, 6.07) is 1.93. The minimum atomic E-state index is -0.110. The second-order valence-electron chi connectivity index (χ2n) is 2.99. The lowest BCUT2D eigenvalue weighted by Crippen LogP contribution is -2.29. The van der Waals surface area contributed by atoms with Crippen LogP contribution in [-0.2, 0) is 0 Å². The molecule has 3 N–H and O–H groups in total. The number of rotatable bonds is 2. The summed E-state index contributed by atoms with van der Waals surface area (Å²) in [6.07, 6.45) is 3.77. The fourth-order valence-electron chi connectivity index (χ4n) is 1.03. The average Bonchev–Trinajstić information content (AvgIpc) is 2.58. The highest BCUT2D eigenvalue weighted by molar-refractivity contribution is 5.94. The third-order valence-corrected chi connectivity index (χ3v) is 1.94. The van der Waals surface area contributed by atoms with Crippen molar-refractivity contribution in [2.24, 2.45) is 5.73 Å². The van der Waals surface area contributed by atoms with Gasteiger partial charge in [0.25, 0.3) is 5.91 Å². The Morgan fingerprint density at radius 2 is 2.50 bits per heavy atom. The van der Waals surface area contributed by atoms with Crippen molar-refractivity contribution >= 4 is 5.91 Å². The van der Waals surface area contributed by atoms with Gasteiger partial charge in [-0.25, -0.2) is 0 Å². The predicted molar refractivity (Wildman–Crippen MR) is 42.6 cm³/mol. The van der Waals surface area contributed by atoms with Gasteiger partial charge in [-0.05, 0) is 12.5 Å². The Bertz CT molecular complexity index is 281. The molecule has 1 amide bonds. The highest BCUT2D eigenvalue weighted by Gasteiger charge is 2.34. The van der Waals surface area contributed by atoms with Crippen molar-refractivity contribution in [2.75, 3.05) is 0 Å². The Morgan fingerprint density at radius 3 is 3.00 bits per heavy atom. The van der Waals surface area contributed by atoms with Crippen LogP contribution in [0.5, 0.6) is 0 Å². The second kappa shape index (κ2) is 2.64. The number of nitrogens with two attached hydrogens (primary N) is 1. The van der Waals surface area contributed by atoms with E-state index in [9.17, 15) is 4.79 Å². The first-order chi connectivity index (χ1) is 5.77.